The van der Waals surface area contributed by atoms with Gasteiger partial charge in [0.25, 0.3) is 0 Å². The van der Waals surface area contributed by atoms with Gasteiger partial charge in [-0.25, -0.2) is 17.8 Å². The molecule has 0 radical (unpaired) electrons. The van der Waals surface area contributed by atoms with Crippen molar-refractivity contribution in [1.29, 1.82) is 0 Å². The molecule has 9 heteroatoms. The average molecular weight is 358 g/mol. The SMILES string of the molecule is CC(NS(=O)(=O)c1ccc(Cl)nc1)C(=O)Nc1ccccc1F. The van der Waals surface area contributed by atoms with E-state index in [1.165, 1.54) is 37.3 Å². The lowest BCUT2D eigenvalue weighted by Gasteiger charge is -2.14. The molecule has 0 aliphatic carbocycles. The van der Waals surface area contributed by atoms with Crippen LogP contribution in [0.5, 0.6) is 0 Å². The lowest BCUT2D eigenvalue weighted by Crippen LogP contribution is -2.41. The van der Waals surface area contributed by atoms with Gasteiger partial charge in [0.1, 0.15) is 15.9 Å². The highest BCUT2D eigenvalue weighted by Gasteiger charge is 2.23. The molecule has 1 atom stereocenters. The molecule has 1 aromatic heterocycles. The lowest BCUT2D eigenvalue weighted by molar-refractivity contribution is -0.117. The van der Waals surface area contributed by atoms with Crippen LogP contribution < -0.4 is 10.0 Å². The second-order valence-corrected chi connectivity index (χ2v) is 6.73. The first-order chi connectivity index (χ1) is 10.8. The van der Waals surface area contributed by atoms with Gasteiger partial charge in [0, 0.05) is 6.20 Å². The van der Waals surface area contributed by atoms with Crippen LogP contribution in [-0.4, -0.2) is 25.4 Å². The molecule has 1 aromatic carbocycles. The van der Waals surface area contributed by atoms with Crippen molar-refractivity contribution >= 4 is 33.2 Å². The smallest absolute Gasteiger partial charge is 0.242 e. The van der Waals surface area contributed by atoms with E-state index in [2.05, 4.69) is 15.0 Å². The first-order valence-electron chi connectivity index (χ1n) is 6.49. The van der Waals surface area contributed by atoms with Crippen molar-refractivity contribution in [2.45, 2.75) is 17.9 Å². The van der Waals surface area contributed by atoms with E-state index >= 15 is 0 Å². The second-order valence-electron chi connectivity index (χ2n) is 4.63. The van der Waals surface area contributed by atoms with Gasteiger partial charge in [-0.05, 0) is 31.2 Å². The van der Waals surface area contributed by atoms with Crippen LogP contribution in [0.15, 0.2) is 47.5 Å². The van der Waals surface area contributed by atoms with Crippen LogP contribution >= 0.6 is 11.6 Å². The molecule has 0 aliphatic rings. The van der Waals surface area contributed by atoms with Gasteiger partial charge >= 0.3 is 0 Å². The predicted molar refractivity (Wildman–Crippen MR) is 84.1 cm³/mol. The summed E-state index contributed by atoms with van der Waals surface area (Å²) in [4.78, 5) is 15.5. The Morgan fingerprint density at radius 1 is 1.26 bits per heavy atom. The summed E-state index contributed by atoms with van der Waals surface area (Å²) < 4.78 is 39.9. The van der Waals surface area contributed by atoms with E-state index in [-0.39, 0.29) is 15.7 Å². The Labute approximate surface area is 137 Å². The third-order valence-corrected chi connectivity index (χ3v) is 4.62. The van der Waals surface area contributed by atoms with E-state index in [1.807, 2.05) is 0 Å². The highest BCUT2D eigenvalue weighted by atomic mass is 35.5. The number of rotatable bonds is 5. The fraction of sp³-hybridized carbons (Fsp3) is 0.143. The van der Waals surface area contributed by atoms with Crippen molar-refractivity contribution < 1.29 is 17.6 Å². The van der Waals surface area contributed by atoms with Gasteiger partial charge in [-0.15, -0.1) is 0 Å². The number of carbonyl (C=O) groups is 1. The van der Waals surface area contributed by atoms with Gasteiger partial charge in [0.15, 0.2) is 0 Å². The van der Waals surface area contributed by atoms with Crippen LogP contribution in [0.3, 0.4) is 0 Å². The molecule has 2 aromatic rings. The van der Waals surface area contributed by atoms with Gasteiger partial charge in [0.2, 0.25) is 15.9 Å². The fourth-order valence-electron chi connectivity index (χ4n) is 1.68. The molecule has 1 heterocycles. The van der Waals surface area contributed by atoms with Crippen LogP contribution in [0.25, 0.3) is 0 Å². The maximum atomic E-state index is 13.5. The maximum Gasteiger partial charge on any atom is 0.242 e. The van der Waals surface area contributed by atoms with Crippen molar-refractivity contribution in [2.24, 2.45) is 0 Å². The minimum absolute atomic E-state index is 0.0308. The number of nitrogens with zero attached hydrogens (tertiary/aromatic N) is 1. The summed E-state index contributed by atoms with van der Waals surface area (Å²) in [5.74, 6) is -1.31. The number of aromatic nitrogens is 1. The molecule has 23 heavy (non-hydrogen) atoms. The van der Waals surface area contributed by atoms with Gasteiger partial charge < -0.3 is 5.32 Å². The van der Waals surface area contributed by atoms with Gasteiger partial charge in [-0.3, -0.25) is 4.79 Å². The lowest BCUT2D eigenvalue weighted by atomic mass is 10.2. The largest absolute Gasteiger partial charge is 0.322 e. The van der Waals surface area contributed by atoms with E-state index in [4.69, 9.17) is 11.6 Å². The summed E-state index contributed by atoms with van der Waals surface area (Å²) in [5.41, 5.74) is -0.0308. The number of hydrogen-bond acceptors (Lipinski definition) is 4. The van der Waals surface area contributed by atoms with E-state index < -0.39 is 27.8 Å². The highest BCUT2D eigenvalue weighted by molar-refractivity contribution is 7.89. The number of sulfonamides is 1. The van der Waals surface area contributed by atoms with Crippen LogP contribution in [-0.2, 0) is 14.8 Å². The van der Waals surface area contributed by atoms with Crippen molar-refractivity contribution in [3.63, 3.8) is 0 Å². The van der Waals surface area contributed by atoms with E-state index in [0.29, 0.717) is 0 Å². The zero-order valence-corrected chi connectivity index (χ0v) is 13.5. The normalized spacial score (nSPS) is 12.7. The molecular weight excluding hydrogens is 345 g/mol. The van der Waals surface area contributed by atoms with Crippen molar-refractivity contribution in [1.82, 2.24) is 9.71 Å². The van der Waals surface area contributed by atoms with E-state index in [9.17, 15) is 17.6 Å². The number of hydrogen-bond donors (Lipinski definition) is 2. The number of amides is 1. The van der Waals surface area contributed by atoms with Crippen LogP contribution in [0.4, 0.5) is 10.1 Å². The summed E-state index contributed by atoms with van der Waals surface area (Å²) in [7, 11) is -3.95. The highest BCUT2D eigenvalue weighted by Crippen LogP contribution is 2.14. The van der Waals surface area contributed by atoms with E-state index in [0.717, 1.165) is 6.20 Å². The first-order valence-corrected chi connectivity index (χ1v) is 8.35. The zero-order valence-electron chi connectivity index (χ0n) is 12.0. The van der Waals surface area contributed by atoms with Crippen LogP contribution in [0.1, 0.15) is 6.92 Å². The van der Waals surface area contributed by atoms with Crippen molar-refractivity contribution in [3.8, 4) is 0 Å². The molecule has 0 bridgehead atoms. The maximum absolute atomic E-state index is 13.5. The minimum Gasteiger partial charge on any atom is -0.322 e. The first kappa shape index (κ1) is 17.3. The number of halogens is 2. The summed E-state index contributed by atoms with van der Waals surface area (Å²) in [6, 6.07) is 7.05. The second kappa shape index (κ2) is 7.03. The summed E-state index contributed by atoms with van der Waals surface area (Å²) in [6.07, 6.45) is 1.08. The Kier molecular flexibility index (Phi) is 5.30. The fourth-order valence-corrected chi connectivity index (χ4v) is 2.94. The molecule has 2 N–H and O–H groups in total. The summed E-state index contributed by atoms with van der Waals surface area (Å²) in [6.45, 7) is 1.34. The predicted octanol–water partition coefficient (Wildman–Crippen LogP) is 2.18. The molecule has 122 valence electrons. The van der Waals surface area contributed by atoms with Crippen LogP contribution in [0.2, 0.25) is 5.15 Å². The van der Waals surface area contributed by atoms with Crippen molar-refractivity contribution in [2.75, 3.05) is 5.32 Å². The topological polar surface area (TPSA) is 88.2 Å². The molecule has 0 saturated carbocycles. The van der Waals surface area contributed by atoms with E-state index in [1.54, 1.807) is 6.07 Å². The number of pyridine rings is 1. The Balaban J connectivity index is 2.08. The number of carbonyl (C=O) groups excluding carboxylic acids is 1. The Bertz CT molecular complexity index is 812. The zero-order chi connectivity index (χ0) is 17.0. The number of nitrogens with one attached hydrogen (secondary N) is 2. The molecule has 0 fully saturated rings. The molecule has 0 aliphatic heterocycles. The molecule has 0 saturated heterocycles. The molecule has 1 amide bonds. The monoisotopic (exact) mass is 357 g/mol. The molecule has 2 rings (SSSR count). The Morgan fingerprint density at radius 3 is 2.57 bits per heavy atom. The standard InChI is InChI=1S/C14H13ClFN3O3S/c1-9(14(20)18-12-5-3-2-4-11(12)16)19-23(21,22)10-6-7-13(15)17-8-10/h2-9,19H,1H3,(H,18,20). The van der Waals surface area contributed by atoms with Crippen LogP contribution in [0, 0.1) is 5.82 Å². The number of anilines is 1. The van der Waals surface area contributed by atoms with Gasteiger partial charge in [-0.1, -0.05) is 23.7 Å². The molecule has 6 nitrogen and oxygen atoms in total. The number of benzene rings is 1. The molecule has 0 spiro atoms. The third-order valence-electron chi connectivity index (χ3n) is 2.87. The minimum atomic E-state index is -3.95. The Morgan fingerprint density at radius 2 is 1.96 bits per heavy atom. The average Bonchev–Trinajstić information content (AvgIpc) is 2.49. The molecule has 1 unspecified atom stereocenters. The molecular formula is C14H13ClFN3O3S. The Hall–Kier alpha value is -2.03. The third kappa shape index (κ3) is 4.47. The summed E-state index contributed by atoms with van der Waals surface area (Å²) in [5, 5.41) is 2.46. The van der Waals surface area contributed by atoms with Crippen molar-refractivity contribution in [3.05, 3.63) is 53.6 Å². The summed E-state index contributed by atoms with van der Waals surface area (Å²) >= 11 is 5.60. The number of para-hydroxylation sites is 1. The van der Waals surface area contributed by atoms with Gasteiger partial charge in [0.05, 0.1) is 11.7 Å². The van der Waals surface area contributed by atoms with Gasteiger partial charge in [-0.2, -0.15) is 4.72 Å². The quantitative estimate of drug-likeness (QED) is 0.803.